The third-order valence-electron chi connectivity index (χ3n) is 1.72. The van der Waals surface area contributed by atoms with Crippen molar-refractivity contribution in [1.82, 2.24) is 5.32 Å². The summed E-state index contributed by atoms with van der Waals surface area (Å²) in [7, 11) is 1.78. The zero-order valence-electron chi connectivity index (χ0n) is 8.12. The Hall–Kier alpha value is -1.55. The minimum Gasteiger partial charge on any atom is -0.424 e. The number of carbonyl (C=O) groups is 1. The molecule has 3 N–H and O–H groups in total. The molecule has 0 atom stereocenters. The number of nitrogens with one attached hydrogen (secondary N) is 1. The lowest BCUT2D eigenvalue weighted by Gasteiger charge is -2.05. The van der Waals surface area contributed by atoms with Crippen LogP contribution < -0.4 is 15.8 Å². The third-order valence-corrected chi connectivity index (χ3v) is 1.72. The van der Waals surface area contributed by atoms with Crippen molar-refractivity contribution in [2.75, 3.05) is 19.3 Å². The van der Waals surface area contributed by atoms with E-state index in [0.29, 0.717) is 24.4 Å². The lowest BCUT2D eigenvalue weighted by atomic mass is 10.3. The molecule has 1 aromatic rings. The molecule has 0 aliphatic heterocycles. The predicted molar refractivity (Wildman–Crippen MR) is 55.0 cm³/mol. The van der Waals surface area contributed by atoms with Gasteiger partial charge in [-0.05, 0) is 19.2 Å². The molecule has 0 saturated heterocycles. The zero-order valence-corrected chi connectivity index (χ0v) is 8.12. The molecule has 0 radical (unpaired) electrons. The summed E-state index contributed by atoms with van der Waals surface area (Å²) in [5.41, 5.74) is 6.08. The van der Waals surface area contributed by atoms with E-state index < -0.39 is 0 Å². The first kappa shape index (κ1) is 10.5. The minimum atomic E-state index is -0.280. The number of benzene rings is 1. The second kappa shape index (κ2) is 5.24. The molecule has 0 aliphatic rings. The second-order valence-corrected chi connectivity index (χ2v) is 2.87. The number of anilines is 1. The van der Waals surface area contributed by atoms with Crippen molar-refractivity contribution >= 4 is 11.7 Å². The van der Waals surface area contributed by atoms with Crippen LogP contribution in [0.4, 0.5) is 5.69 Å². The van der Waals surface area contributed by atoms with Gasteiger partial charge < -0.3 is 15.8 Å². The molecule has 0 bridgehead atoms. The van der Waals surface area contributed by atoms with Crippen LogP contribution in [0.15, 0.2) is 24.3 Å². The monoisotopic (exact) mass is 194 g/mol. The van der Waals surface area contributed by atoms with Crippen molar-refractivity contribution in [3.05, 3.63) is 24.3 Å². The van der Waals surface area contributed by atoms with Crippen molar-refractivity contribution in [2.45, 2.75) is 6.42 Å². The first-order chi connectivity index (χ1) is 6.74. The molecule has 1 aromatic carbocycles. The molecule has 1 rings (SSSR count). The highest BCUT2D eigenvalue weighted by Crippen LogP contribution is 2.19. The van der Waals surface area contributed by atoms with Crippen LogP contribution >= 0.6 is 0 Å². The first-order valence-corrected chi connectivity index (χ1v) is 4.44. The van der Waals surface area contributed by atoms with E-state index in [0.717, 1.165) is 0 Å². The van der Waals surface area contributed by atoms with E-state index in [9.17, 15) is 4.79 Å². The van der Waals surface area contributed by atoms with Crippen LogP contribution in [0.1, 0.15) is 6.42 Å². The highest BCUT2D eigenvalue weighted by Gasteiger charge is 2.05. The first-order valence-electron chi connectivity index (χ1n) is 4.44. The molecule has 0 aliphatic carbocycles. The number of hydrogen-bond donors (Lipinski definition) is 2. The van der Waals surface area contributed by atoms with Crippen molar-refractivity contribution in [3.63, 3.8) is 0 Å². The van der Waals surface area contributed by atoms with Crippen LogP contribution in [-0.4, -0.2) is 19.6 Å². The van der Waals surface area contributed by atoms with Crippen LogP contribution in [0.25, 0.3) is 0 Å². The normalized spacial score (nSPS) is 9.79. The van der Waals surface area contributed by atoms with Gasteiger partial charge in [-0.2, -0.15) is 0 Å². The average Bonchev–Trinajstić information content (AvgIpc) is 2.18. The maximum absolute atomic E-state index is 11.2. The van der Waals surface area contributed by atoms with E-state index in [1.165, 1.54) is 0 Å². The number of nitrogen functional groups attached to an aromatic ring is 1. The number of esters is 1. The van der Waals surface area contributed by atoms with Gasteiger partial charge in [-0.3, -0.25) is 4.79 Å². The largest absolute Gasteiger partial charge is 0.424 e. The van der Waals surface area contributed by atoms with Gasteiger partial charge in [0.25, 0.3) is 0 Å². The Balaban J connectivity index is 2.52. The summed E-state index contributed by atoms with van der Waals surface area (Å²) in [6, 6.07) is 6.94. The Labute approximate surface area is 83.1 Å². The van der Waals surface area contributed by atoms with E-state index in [2.05, 4.69) is 5.32 Å². The fourth-order valence-electron chi connectivity index (χ4n) is 0.974. The highest BCUT2D eigenvalue weighted by molar-refractivity contribution is 5.74. The topological polar surface area (TPSA) is 64.3 Å². The number of ether oxygens (including phenoxy) is 1. The number of hydrogen-bond acceptors (Lipinski definition) is 4. The van der Waals surface area contributed by atoms with Crippen molar-refractivity contribution in [1.29, 1.82) is 0 Å². The Morgan fingerprint density at radius 3 is 2.86 bits per heavy atom. The Morgan fingerprint density at radius 1 is 1.50 bits per heavy atom. The quantitative estimate of drug-likeness (QED) is 0.422. The van der Waals surface area contributed by atoms with E-state index >= 15 is 0 Å². The van der Waals surface area contributed by atoms with Gasteiger partial charge in [0.2, 0.25) is 0 Å². The lowest BCUT2D eigenvalue weighted by molar-refractivity contribution is -0.134. The zero-order chi connectivity index (χ0) is 10.4. The fraction of sp³-hybridized carbons (Fsp3) is 0.300. The Bertz CT molecular complexity index is 313. The molecular formula is C10H14N2O2. The summed E-state index contributed by atoms with van der Waals surface area (Å²) in [6.45, 7) is 0.603. The molecule has 0 amide bonds. The van der Waals surface area contributed by atoms with Gasteiger partial charge in [0.15, 0.2) is 5.75 Å². The van der Waals surface area contributed by atoms with Gasteiger partial charge in [0, 0.05) is 6.54 Å². The van der Waals surface area contributed by atoms with Crippen molar-refractivity contribution in [2.24, 2.45) is 0 Å². The van der Waals surface area contributed by atoms with Crippen LogP contribution in [0, 0.1) is 0 Å². The van der Waals surface area contributed by atoms with E-state index in [1.54, 1.807) is 31.3 Å². The molecule has 0 aromatic heterocycles. The lowest BCUT2D eigenvalue weighted by Crippen LogP contribution is -2.17. The van der Waals surface area contributed by atoms with Crippen LogP contribution in [-0.2, 0) is 4.79 Å². The second-order valence-electron chi connectivity index (χ2n) is 2.87. The molecule has 0 spiro atoms. The standard InChI is InChI=1S/C10H14N2O2/c1-12-7-6-10(13)14-9-5-3-2-4-8(9)11/h2-5,12H,6-7,11H2,1H3. The maximum Gasteiger partial charge on any atom is 0.312 e. The van der Waals surface area contributed by atoms with Crippen LogP contribution in [0.5, 0.6) is 5.75 Å². The van der Waals surface area contributed by atoms with Gasteiger partial charge in [-0.1, -0.05) is 12.1 Å². The van der Waals surface area contributed by atoms with Crippen molar-refractivity contribution < 1.29 is 9.53 Å². The maximum atomic E-state index is 11.2. The third kappa shape index (κ3) is 3.06. The SMILES string of the molecule is CNCCC(=O)Oc1ccccc1N. The number of para-hydroxylation sites is 2. The molecule has 0 heterocycles. The summed E-state index contributed by atoms with van der Waals surface area (Å²) in [5.74, 6) is 0.144. The van der Waals surface area contributed by atoms with E-state index in [1.807, 2.05) is 0 Å². The average molecular weight is 194 g/mol. The molecule has 4 heteroatoms. The molecule has 0 unspecified atom stereocenters. The molecule has 0 saturated carbocycles. The van der Waals surface area contributed by atoms with E-state index in [4.69, 9.17) is 10.5 Å². The van der Waals surface area contributed by atoms with Gasteiger partial charge >= 0.3 is 5.97 Å². The summed E-state index contributed by atoms with van der Waals surface area (Å²) < 4.78 is 5.04. The van der Waals surface area contributed by atoms with Crippen LogP contribution in [0.3, 0.4) is 0 Å². The Morgan fingerprint density at radius 2 is 2.21 bits per heavy atom. The smallest absolute Gasteiger partial charge is 0.312 e. The molecular weight excluding hydrogens is 180 g/mol. The summed E-state index contributed by atoms with van der Waals surface area (Å²) >= 11 is 0. The molecule has 14 heavy (non-hydrogen) atoms. The molecule has 0 fully saturated rings. The van der Waals surface area contributed by atoms with Crippen LogP contribution in [0.2, 0.25) is 0 Å². The van der Waals surface area contributed by atoms with Crippen molar-refractivity contribution in [3.8, 4) is 5.75 Å². The molecule has 76 valence electrons. The fourth-order valence-corrected chi connectivity index (χ4v) is 0.974. The summed E-state index contributed by atoms with van der Waals surface area (Å²) in [4.78, 5) is 11.2. The van der Waals surface area contributed by atoms with Gasteiger partial charge in [0.1, 0.15) is 0 Å². The number of nitrogens with two attached hydrogens (primary N) is 1. The van der Waals surface area contributed by atoms with Gasteiger partial charge in [0.05, 0.1) is 12.1 Å². The predicted octanol–water partition coefficient (Wildman–Crippen LogP) is 0.784. The minimum absolute atomic E-state index is 0.280. The summed E-state index contributed by atoms with van der Waals surface area (Å²) in [6.07, 6.45) is 0.338. The number of rotatable bonds is 4. The number of carbonyl (C=O) groups excluding carboxylic acids is 1. The van der Waals surface area contributed by atoms with Gasteiger partial charge in [-0.25, -0.2) is 0 Å². The van der Waals surface area contributed by atoms with E-state index in [-0.39, 0.29) is 5.97 Å². The molecule has 4 nitrogen and oxygen atoms in total. The highest BCUT2D eigenvalue weighted by atomic mass is 16.5. The van der Waals surface area contributed by atoms with Gasteiger partial charge in [-0.15, -0.1) is 0 Å². The summed E-state index contributed by atoms with van der Waals surface area (Å²) in [5, 5.41) is 2.87. The Kier molecular flexibility index (Phi) is 3.94.